The van der Waals surface area contributed by atoms with Gasteiger partial charge >= 0.3 is 0 Å². The zero-order valence-electron chi connectivity index (χ0n) is 10.9. The van der Waals surface area contributed by atoms with Crippen molar-refractivity contribution in [3.05, 3.63) is 35.4 Å². The average molecular weight is 269 g/mol. The van der Waals surface area contributed by atoms with Gasteiger partial charge in [-0.05, 0) is 13.3 Å². The summed E-state index contributed by atoms with van der Waals surface area (Å²) in [5.41, 5.74) is 1.94. The van der Waals surface area contributed by atoms with Crippen molar-refractivity contribution >= 4 is 15.5 Å². The van der Waals surface area contributed by atoms with E-state index in [9.17, 15) is 8.42 Å². The molecule has 0 saturated heterocycles. The van der Waals surface area contributed by atoms with Crippen LogP contribution in [0.3, 0.4) is 0 Å². The molecule has 0 saturated carbocycles. The molecule has 0 fully saturated rings. The van der Waals surface area contributed by atoms with Crippen molar-refractivity contribution in [2.24, 2.45) is 5.16 Å². The average Bonchev–Trinajstić information content (AvgIpc) is 2.36. The van der Waals surface area contributed by atoms with Gasteiger partial charge in [-0.1, -0.05) is 48.8 Å². The van der Waals surface area contributed by atoms with E-state index in [-0.39, 0.29) is 11.5 Å². The van der Waals surface area contributed by atoms with Gasteiger partial charge in [-0.25, -0.2) is 8.42 Å². The lowest BCUT2D eigenvalue weighted by Crippen LogP contribution is -2.31. The number of nitrogens with zero attached hydrogens (tertiary/aromatic N) is 1. The maximum absolute atomic E-state index is 12.0. The molecule has 1 N–H and O–H groups in total. The van der Waals surface area contributed by atoms with Crippen molar-refractivity contribution in [1.29, 1.82) is 0 Å². The topological polar surface area (TPSA) is 66.7 Å². The normalized spacial score (nSPS) is 14.5. The molecule has 0 bridgehead atoms. The Morgan fingerprint density at radius 2 is 1.83 bits per heavy atom. The third-order valence-electron chi connectivity index (χ3n) is 2.97. The highest BCUT2D eigenvalue weighted by Crippen LogP contribution is 2.16. The van der Waals surface area contributed by atoms with Crippen LogP contribution in [0.4, 0.5) is 0 Å². The fourth-order valence-corrected chi connectivity index (χ4v) is 3.28. The smallest absolute Gasteiger partial charge is 0.158 e. The molecule has 0 spiro atoms. The SMILES string of the molecule is CCC(C(=NO)c1ccc(C)cc1)S(=O)(=O)CC. The molecule has 1 unspecified atom stereocenters. The lowest BCUT2D eigenvalue weighted by atomic mass is 10.0. The number of hydrogen-bond donors (Lipinski definition) is 1. The van der Waals surface area contributed by atoms with Gasteiger partial charge in [0.1, 0.15) is 11.0 Å². The number of hydrogen-bond acceptors (Lipinski definition) is 4. The number of aryl methyl sites for hydroxylation is 1. The van der Waals surface area contributed by atoms with Gasteiger partial charge < -0.3 is 5.21 Å². The molecule has 100 valence electrons. The van der Waals surface area contributed by atoms with Crippen LogP contribution in [0, 0.1) is 6.92 Å². The lowest BCUT2D eigenvalue weighted by molar-refractivity contribution is 0.318. The van der Waals surface area contributed by atoms with E-state index in [1.807, 2.05) is 19.1 Å². The van der Waals surface area contributed by atoms with Crippen LogP contribution in [0.5, 0.6) is 0 Å². The molecule has 1 aromatic carbocycles. The molecule has 0 aliphatic rings. The molecule has 0 amide bonds. The highest BCUT2D eigenvalue weighted by Gasteiger charge is 2.28. The third-order valence-corrected chi connectivity index (χ3v) is 5.20. The number of benzene rings is 1. The standard InChI is InChI=1S/C13H19NO3S/c1-4-12(18(16,17)5-2)13(14-15)11-8-6-10(3)7-9-11/h6-9,12,15H,4-5H2,1-3H3. The molecule has 4 nitrogen and oxygen atoms in total. The van der Waals surface area contributed by atoms with Crippen LogP contribution in [0.2, 0.25) is 0 Å². The van der Waals surface area contributed by atoms with Crippen LogP contribution in [0.15, 0.2) is 29.4 Å². The van der Waals surface area contributed by atoms with Crippen LogP contribution < -0.4 is 0 Å². The highest BCUT2D eigenvalue weighted by atomic mass is 32.2. The molecule has 0 aliphatic carbocycles. The van der Waals surface area contributed by atoms with Crippen molar-refractivity contribution < 1.29 is 13.6 Å². The minimum absolute atomic E-state index is 0.0381. The molecule has 5 heteroatoms. The Labute approximate surface area is 108 Å². The van der Waals surface area contributed by atoms with Gasteiger partial charge in [-0.3, -0.25) is 0 Å². The molecule has 0 aliphatic heterocycles. The number of rotatable bonds is 5. The first-order valence-electron chi connectivity index (χ1n) is 5.96. The van der Waals surface area contributed by atoms with Crippen molar-refractivity contribution in [2.45, 2.75) is 32.4 Å². The Morgan fingerprint density at radius 3 is 2.22 bits per heavy atom. The third kappa shape index (κ3) is 3.10. The fourth-order valence-electron chi connectivity index (χ4n) is 1.85. The van der Waals surface area contributed by atoms with Crippen LogP contribution in [-0.2, 0) is 9.84 Å². The van der Waals surface area contributed by atoms with Crippen LogP contribution in [-0.4, -0.2) is 30.3 Å². The zero-order chi connectivity index (χ0) is 13.8. The van der Waals surface area contributed by atoms with Gasteiger partial charge in [0.05, 0.1) is 0 Å². The quantitative estimate of drug-likeness (QED) is 0.507. The summed E-state index contributed by atoms with van der Waals surface area (Å²) >= 11 is 0. The van der Waals surface area contributed by atoms with Gasteiger partial charge in [-0.2, -0.15) is 0 Å². The van der Waals surface area contributed by atoms with Crippen LogP contribution in [0.25, 0.3) is 0 Å². The Balaban J connectivity index is 3.21. The van der Waals surface area contributed by atoms with Crippen molar-refractivity contribution in [3.8, 4) is 0 Å². The van der Waals surface area contributed by atoms with Gasteiger partial charge in [0.15, 0.2) is 9.84 Å². The monoisotopic (exact) mass is 269 g/mol. The summed E-state index contributed by atoms with van der Waals surface area (Å²) in [4.78, 5) is 0. The Kier molecular flexibility index (Phi) is 4.90. The predicted molar refractivity (Wildman–Crippen MR) is 73.0 cm³/mol. The van der Waals surface area contributed by atoms with Crippen molar-refractivity contribution in [1.82, 2.24) is 0 Å². The maximum atomic E-state index is 12.0. The van der Waals surface area contributed by atoms with Crippen LogP contribution in [0.1, 0.15) is 31.4 Å². The van der Waals surface area contributed by atoms with E-state index < -0.39 is 15.1 Å². The van der Waals surface area contributed by atoms with Crippen LogP contribution >= 0.6 is 0 Å². The maximum Gasteiger partial charge on any atom is 0.158 e. The minimum atomic E-state index is -3.27. The molecule has 1 rings (SSSR count). The van der Waals surface area contributed by atoms with Crippen molar-refractivity contribution in [2.75, 3.05) is 5.75 Å². The van der Waals surface area contributed by atoms with E-state index in [4.69, 9.17) is 5.21 Å². The summed E-state index contributed by atoms with van der Waals surface area (Å²) < 4.78 is 24.0. The van der Waals surface area contributed by atoms with Crippen molar-refractivity contribution in [3.63, 3.8) is 0 Å². The van der Waals surface area contributed by atoms with E-state index >= 15 is 0 Å². The summed E-state index contributed by atoms with van der Waals surface area (Å²) in [5.74, 6) is 0.0381. The predicted octanol–water partition coefficient (Wildman–Crippen LogP) is 2.39. The van der Waals surface area contributed by atoms with E-state index in [0.717, 1.165) is 5.56 Å². The molecule has 0 aromatic heterocycles. The first-order valence-corrected chi connectivity index (χ1v) is 7.68. The minimum Gasteiger partial charge on any atom is -0.411 e. The second-order valence-corrected chi connectivity index (χ2v) is 6.67. The van der Waals surface area contributed by atoms with Gasteiger partial charge in [0.25, 0.3) is 0 Å². The molecule has 1 atom stereocenters. The van der Waals surface area contributed by atoms with E-state index in [0.29, 0.717) is 12.0 Å². The summed E-state index contributed by atoms with van der Waals surface area (Å²) in [6.45, 7) is 5.32. The molecule has 0 radical (unpaired) electrons. The summed E-state index contributed by atoms with van der Waals surface area (Å²) in [7, 11) is -3.27. The fraction of sp³-hybridized carbons (Fsp3) is 0.462. The zero-order valence-corrected chi connectivity index (χ0v) is 11.7. The Bertz CT molecular complexity index is 518. The Morgan fingerprint density at radius 1 is 1.28 bits per heavy atom. The first kappa shape index (κ1) is 14.7. The second-order valence-electron chi connectivity index (χ2n) is 4.20. The first-order chi connectivity index (χ1) is 8.46. The van der Waals surface area contributed by atoms with Gasteiger partial charge in [0.2, 0.25) is 0 Å². The second kappa shape index (κ2) is 6.00. The van der Waals surface area contributed by atoms with E-state index in [2.05, 4.69) is 5.16 Å². The number of oxime groups is 1. The summed E-state index contributed by atoms with van der Waals surface area (Å²) in [6, 6.07) is 7.29. The molecular formula is C13H19NO3S. The number of sulfone groups is 1. The molecule has 0 heterocycles. The van der Waals surface area contributed by atoms with E-state index in [1.54, 1.807) is 26.0 Å². The van der Waals surface area contributed by atoms with Gasteiger partial charge in [0, 0.05) is 11.3 Å². The Hall–Kier alpha value is -1.36. The molecule has 1 aromatic rings. The largest absolute Gasteiger partial charge is 0.411 e. The molecule has 18 heavy (non-hydrogen) atoms. The van der Waals surface area contributed by atoms with E-state index in [1.165, 1.54) is 0 Å². The summed E-state index contributed by atoms with van der Waals surface area (Å²) in [6.07, 6.45) is 0.392. The highest BCUT2D eigenvalue weighted by molar-refractivity contribution is 7.92. The van der Waals surface area contributed by atoms with Gasteiger partial charge in [-0.15, -0.1) is 0 Å². The lowest BCUT2D eigenvalue weighted by Gasteiger charge is -2.16. The summed E-state index contributed by atoms with van der Waals surface area (Å²) in [5, 5.41) is 11.6. The molecular weight excluding hydrogens is 250 g/mol.